The van der Waals surface area contributed by atoms with Crippen molar-refractivity contribution in [1.29, 1.82) is 0 Å². The molecule has 232 valence electrons. The van der Waals surface area contributed by atoms with Crippen LogP contribution in [0.15, 0.2) is 54.7 Å². The maximum absolute atomic E-state index is 11.9. The Bertz CT molecular complexity index is 1350. The van der Waals surface area contributed by atoms with Gasteiger partial charge >= 0.3 is 12.1 Å². The quantitative estimate of drug-likeness (QED) is 0.147. The van der Waals surface area contributed by atoms with Gasteiger partial charge in [0.05, 0.1) is 49.6 Å². The molecule has 0 aliphatic rings. The summed E-state index contributed by atoms with van der Waals surface area (Å²) in [6, 6.07) is 13.2. The van der Waals surface area contributed by atoms with E-state index in [0.29, 0.717) is 55.7 Å². The Balaban J connectivity index is 1.44. The molecule has 3 aromatic rings. The number of likely N-dealkylation sites (N-methyl/N-ethyl adjacent to an activating group) is 1. The van der Waals surface area contributed by atoms with E-state index in [1.54, 1.807) is 43.4 Å². The number of aromatic nitrogens is 2. The summed E-state index contributed by atoms with van der Waals surface area (Å²) in [4.78, 5) is 33.1. The molecule has 43 heavy (non-hydrogen) atoms. The van der Waals surface area contributed by atoms with Crippen molar-refractivity contribution in [3.05, 3.63) is 66.0 Å². The molecule has 1 amide bonds. The fraction of sp³-hybridized carbons (Fsp3) is 0.400. The van der Waals surface area contributed by atoms with Crippen molar-refractivity contribution in [3.8, 4) is 17.0 Å². The van der Waals surface area contributed by atoms with E-state index in [-0.39, 0.29) is 23.7 Å². The molecular weight excluding hydrogens is 558 g/mol. The zero-order valence-electron chi connectivity index (χ0n) is 24.8. The summed E-state index contributed by atoms with van der Waals surface area (Å²) in [5.41, 5.74) is 7.24. The molecule has 0 aliphatic heterocycles. The van der Waals surface area contributed by atoms with Crippen molar-refractivity contribution in [2.45, 2.75) is 32.6 Å². The molecule has 0 aliphatic carbocycles. The predicted octanol–water partition coefficient (Wildman–Crippen LogP) is 3.81. The molecular formula is C30H39N5O8. The number of carbonyl (C=O) groups excluding carboxylic acids is 1. The average Bonchev–Trinajstić information content (AvgIpc) is 2.96. The number of hydrogen-bond donors (Lipinski definition) is 4. The Morgan fingerprint density at radius 1 is 1.00 bits per heavy atom. The molecule has 1 aromatic heterocycles. The number of carboxylic acid groups (broad SMARTS) is 1. The molecule has 13 heteroatoms. The largest absolute Gasteiger partial charge is 0.489 e. The fourth-order valence-electron chi connectivity index (χ4n) is 3.63. The van der Waals surface area contributed by atoms with Crippen LogP contribution in [0.4, 0.5) is 16.3 Å². The van der Waals surface area contributed by atoms with Gasteiger partial charge in [-0.3, -0.25) is 0 Å². The van der Waals surface area contributed by atoms with Crippen LogP contribution >= 0.6 is 0 Å². The van der Waals surface area contributed by atoms with E-state index in [1.165, 1.54) is 23.2 Å². The lowest BCUT2D eigenvalue weighted by atomic mass is 10.1. The Morgan fingerprint density at radius 2 is 1.65 bits per heavy atom. The SMILES string of the molecule is CN(CCOCCOCCOc1ccccc1NC(O)c1nc(-c2ccc(C(=O)O)cc2)cnc1N)C(=O)OC(C)(C)C. The minimum absolute atomic E-state index is 0.0383. The number of rotatable bonds is 15. The monoisotopic (exact) mass is 597 g/mol. The molecule has 0 saturated carbocycles. The number of carbonyl (C=O) groups is 2. The van der Waals surface area contributed by atoms with Gasteiger partial charge in [-0.2, -0.15) is 0 Å². The summed E-state index contributed by atoms with van der Waals surface area (Å²) in [7, 11) is 1.65. The third-order valence-corrected chi connectivity index (χ3v) is 5.83. The first-order valence-corrected chi connectivity index (χ1v) is 13.7. The Kier molecular flexibility index (Phi) is 12.0. The van der Waals surface area contributed by atoms with Crippen LogP contribution in [0.1, 0.15) is 43.1 Å². The molecule has 1 unspecified atom stereocenters. The molecule has 3 rings (SSSR count). The number of aliphatic hydroxyl groups excluding tert-OH is 1. The van der Waals surface area contributed by atoms with Gasteiger partial charge in [0.1, 0.15) is 29.5 Å². The van der Waals surface area contributed by atoms with Crippen molar-refractivity contribution in [3.63, 3.8) is 0 Å². The van der Waals surface area contributed by atoms with Crippen LogP contribution in [0.5, 0.6) is 5.75 Å². The fourth-order valence-corrected chi connectivity index (χ4v) is 3.63. The van der Waals surface area contributed by atoms with Gasteiger partial charge in [-0.1, -0.05) is 24.3 Å². The van der Waals surface area contributed by atoms with E-state index in [0.717, 1.165) is 0 Å². The van der Waals surface area contributed by atoms with E-state index >= 15 is 0 Å². The highest BCUT2D eigenvalue weighted by Gasteiger charge is 2.20. The molecule has 0 radical (unpaired) electrons. The zero-order chi connectivity index (χ0) is 31.4. The lowest BCUT2D eigenvalue weighted by molar-refractivity contribution is 0.0134. The number of nitrogens with two attached hydrogens (primary N) is 1. The molecule has 1 atom stereocenters. The van der Waals surface area contributed by atoms with Crippen LogP contribution in [0.25, 0.3) is 11.3 Å². The number of nitrogen functional groups attached to an aromatic ring is 1. The van der Waals surface area contributed by atoms with Crippen LogP contribution in [0.2, 0.25) is 0 Å². The zero-order valence-corrected chi connectivity index (χ0v) is 24.8. The number of anilines is 2. The second-order valence-electron chi connectivity index (χ2n) is 10.4. The number of ether oxygens (including phenoxy) is 4. The smallest absolute Gasteiger partial charge is 0.410 e. The maximum atomic E-state index is 11.9. The minimum Gasteiger partial charge on any atom is -0.489 e. The van der Waals surface area contributed by atoms with E-state index in [2.05, 4.69) is 15.3 Å². The summed E-state index contributed by atoms with van der Waals surface area (Å²) < 4.78 is 22.2. The number of carboxylic acids is 1. The van der Waals surface area contributed by atoms with Crippen LogP contribution in [-0.4, -0.2) is 89.4 Å². The standard InChI is InChI=1S/C30H39N5O8/c1-30(2,3)43-29(39)35(4)13-14-40-15-16-41-17-18-42-24-8-6-5-7-22(24)34-27(36)25-26(31)32-19-23(33-25)20-9-11-21(12-10-20)28(37)38/h5-12,19,27,34,36H,13-18H2,1-4H3,(H2,31,32)(H,37,38). The highest BCUT2D eigenvalue weighted by molar-refractivity contribution is 5.88. The van der Waals surface area contributed by atoms with Gasteiger partial charge in [0.25, 0.3) is 0 Å². The van der Waals surface area contributed by atoms with E-state index < -0.39 is 23.9 Å². The summed E-state index contributed by atoms with van der Waals surface area (Å²) in [6.07, 6.45) is -0.258. The molecule has 2 aromatic carbocycles. The number of benzene rings is 2. The van der Waals surface area contributed by atoms with Crippen molar-refractivity contribution < 1.29 is 38.7 Å². The van der Waals surface area contributed by atoms with Gasteiger partial charge in [-0.15, -0.1) is 0 Å². The average molecular weight is 598 g/mol. The molecule has 0 saturated heterocycles. The van der Waals surface area contributed by atoms with Gasteiger partial charge in [-0.05, 0) is 45.0 Å². The Hall–Kier alpha value is -4.46. The highest BCUT2D eigenvalue weighted by Crippen LogP contribution is 2.29. The third-order valence-electron chi connectivity index (χ3n) is 5.83. The third kappa shape index (κ3) is 10.7. The number of amides is 1. The summed E-state index contributed by atoms with van der Waals surface area (Å²) in [5.74, 6) is -0.511. The molecule has 1 heterocycles. The number of para-hydroxylation sites is 2. The first-order chi connectivity index (χ1) is 20.4. The van der Waals surface area contributed by atoms with Gasteiger partial charge in [-0.25, -0.2) is 19.6 Å². The van der Waals surface area contributed by atoms with Crippen molar-refractivity contribution in [1.82, 2.24) is 14.9 Å². The number of aromatic carboxylic acids is 1. The summed E-state index contributed by atoms with van der Waals surface area (Å²) in [5, 5.41) is 23.0. The maximum Gasteiger partial charge on any atom is 0.410 e. The lowest BCUT2D eigenvalue weighted by Gasteiger charge is -2.24. The Morgan fingerprint density at radius 3 is 2.33 bits per heavy atom. The highest BCUT2D eigenvalue weighted by atomic mass is 16.6. The molecule has 0 spiro atoms. The predicted molar refractivity (Wildman–Crippen MR) is 160 cm³/mol. The normalized spacial score (nSPS) is 11.9. The molecule has 5 N–H and O–H groups in total. The number of hydrogen-bond acceptors (Lipinski definition) is 11. The minimum atomic E-state index is -1.31. The second kappa shape index (κ2) is 15.7. The van der Waals surface area contributed by atoms with E-state index in [1.807, 2.05) is 20.8 Å². The summed E-state index contributed by atoms with van der Waals surface area (Å²) >= 11 is 0. The van der Waals surface area contributed by atoms with Crippen molar-refractivity contribution >= 4 is 23.6 Å². The van der Waals surface area contributed by atoms with Crippen LogP contribution in [0, 0.1) is 0 Å². The first-order valence-electron chi connectivity index (χ1n) is 13.7. The number of nitrogens with zero attached hydrogens (tertiary/aromatic N) is 3. The van der Waals surface area contributed by atoms with E-state index in [9.17, 15) is 14.7 Å². The van der Waals surface area contributed by atoms with Crippen LogP contribution in [-0.2, 0) is 14.2 Å². The number of aliphatic hydroxyl groups is 1. The van der Waals surface area contributed by atoms with Gasteiger partial charge in [0.15, 0.2) is 6.23 Å². The molecule has 0 bridgehead atoms. The van der Waals surface area contributed by atoms with Crippen molar-refractivity contribution in [2.24, 2.45) is 0 Å². The molecule has 0 fully saturated rings. The van der Waals surface area contributed by atoms with Crippen LogP contribution < -0.4 is 15.8 Å². The Labute approximate surface area is 250 Å². The van der Waals surface area contributed by atoms with Gasteiger partial charge < -0.3 is 45.1 Å². The number of nitrogens with one attached hydrogen (secondary N) is 1. The van der Waals surface area contributed by atoms with Crippen molar-refractivity contribution in [2.75, 3.05) is 57.7 Å². The second-order valence-corrected chi connectivity index (χ2v) is 10.4. The van der Waals surface area contributed by atoms with Gasteiger partial charge in [0.2, 0.25) is 0 Å². The topological polar surface area (TPSA) is 179 Å². The van der Waals surface area contributed by atoms with Crippen LogP contribution in [0.3, 0.4) is 0 Å². The summed E-state index contributed by atoms with van der Waals surface area (Å²) in [6.45, 7) is 7.46. The first kappa shape index (κ1) is 33.0. The van der Waals surface area contributed by atoms with E-state index in [4.69, 9.17) is 29.8 Å². The molecule has 13 nitrogen and oxygen atoms in total. The van der Waals surface area contributed by atoms with Gasteiger partial charge in [0, 0.05) is 19.2 Å². The lowest BCUT2D eigenvalue weighted by Crippen LogP contribution is -2.36.